The van der Waals surface area contributed by atoms with Crippen molar-refractivity contribution in [3.05, 3.63) is 53.6 Å². The average molecular weight is 424 g/mol. The van der Waals surface area contributed by atoms with Gasteiger partial charge < -0.3 is 18.9 Å². The quantitative estimate of drug-likeness (QED) is 0.338. The number of aromatic nitrogens is 2. The second-order valence-corrected chi connectivity index (χ2v) is 6.14. The van der Waals surface area contributed by atoms with Crippen molar-refractivity contribution < 1.29 is 18.9 Å². The van der Waals surface area contributed by atoms with Crippen LogP contribution in [-0.2, 0) is 0 Å². The Bertz CT molecular complexity index is 982. The summed E-state index contributed by atoms with van der Waals surface area (Å²) in [5.74, 6) is 3.70. The monoisotopic (exact) mass is 424 g/mol. The molecule has 3 aromatic rings. The van der Waals surface area contributed by atoms with E-state index in [9.17, 15) is 0 Å². The van der Waals surface area contributed by atoms with Crippen LogP contribution in [-0.4, -0.2) is 51.1 Å². The lowest BCUT2D eigenvalue weighted by Crippen LogP contribution is -1.94. The van der Waals surface area contributed by atoms with Gasteiger partial charge in [0.1, 0.15) is 5.82 Å². The molecule has 0 radical (unpaired) electrons. The lowest BCUT2D eigenvalue weighted by Gasteiger charge is -2.07. The number of nitrogens with one attached hydrogen (secondary N) is 3. The minimum atomic E-state index is 0.528. The fraction of sp³-hybridized carbons (Fsp3) is 0.190. The first kappa shape index (κ1) is 21.5. The number of hydrogen-bond donors (Lipinski definition) is 3. The largest absolute Gasteiger partial charge is 0.493 e. The SMILES string of the molecule is COc1ccc(/C=N/Nc2cc(N/N=C/c3ccc(OC)c(OC)c3)[nH]n2)cc1OC. The van der Waals surface area contributed by atoms with Gasteiger partial charge in [-0.05, 0) is 47.5 Å². The Kier molecular flexibility index (Phi) is 7.30. The third-order valence-corrected chi connectivity index (χ3v) is 4.18. The van der Waals surface area contributed by atoms with Gasteiger partial charge >= 0.3 is 0 Å². The number of rotatable bonds is 10. The number of ether oxygens (including phenoxy) is 4. The van der Waals surface area contributed by atoms with E-state index in [-0.39, 0.29) is 0 Å². The normalized spacial score (nSPS) is 11.0. The van der Waals surface area contributed by atoms with Gasteiger partial charge in [0.05, 0.1) is 40.9 Å². The van der Waals surface area contributed by atoms with Gasteiger partial charge in [-0.25, -0.2) is 0 Å². The molecule has 0 aliphatic carbocycles. The molecule has 1 aromatic heterocycles. The van der Waals surface area contributed by atoms with Crippen molar-refractivity contribution in [1.29, 1.82) is 0 Å². The lowest BCUT2D eigenvalue weighted by molar-refractivity contribution is 0.355. The first-order valence-electron chi connectivity index (χ1n) is 9.24. The number of anilines is 2. The van der Waals surface area contributed by atoms with Gasteiger partial charge in [-0.15, -0.1) is 0 Å². The summed E-state index contributed by atoms with van der Waals surface area (Å²) in [6.07, 6.45) is 3.31. The Balaban J connectivity index is 1.56. The molecule has 0 bridgehead atoms. The zero-order chi connectivity index (χ0) is 22.1. The smallest absolute Gasteiger partial charge is 0.170 e. The molecule has 3 N–H and O–H groups in total. The van der Waals surface area contributed by atoms with Gasteiger partial charge in [-0.2, -0.15) is 15.3 Å². The fourth-order valence-electron chi connectivity index (χ4n) is 2.65. The molecule has 0 aliphatic rings. The molecule has 2 aromatic carbocycles. The van der Waals surface area contributed by atoms with Crippen LogP contribution in [0.3, 0.4) is 0 Å². The summed E-state index contributed by atoms with van der Waals surface area (Å²) >= 11 is 0. The molecule has 0 spiro atoms. The minimum Gasteiger partial charge on any atom is -0.493 e. The molecule has 3 rings (SSSR count). The van der Waals surface area contributed by atoms with Crippen LogP contribution in [0.5, 0.6) is 23.0 Å². The van der Waals surface area contributed by atoms with Crippen molar-refractivity contribution in [3.63, 3.8) is 0 Å². The maximum Gasteiger partial charge on any atom is 0.170 e. The van der Waals surface area contributed by atoms with Crippen molar-refractivity contribution in [2.24, 2.45) is 10.2 Å². The van der Waals surface area contributed by atoms with E-state index in [2.05, 4.69) is 31.3 Å². The number of H-pyrrole nitrogens is 1. The standard InChI is InChI=1S/C21H24N6O4/c1-28-16-7-5-14(9-18(16)30-3)12-22-24-20-11-21(27-26-20)25-23-13-15-6-8-17(29-2)19(10-15)31-4/h5-13H,1-4H3,(H3,24,25,26,27)/b22-12+,23-13+. The van der Waals surface area contributed by atoms with Crippen LogP contribution in [0.1, 0.15) is 11.1 Å². The second kappa shape index (κ2) is 10.5. The van der Waals surface area contributed by atoms with Gasteiger partial charge in [0, 0.05) is 6.07 Å². The van der Waals surface area contributed by atoms with E-state index in [0.717, 1.165) is 11.1 Å². The molecule has 0 fully saturated rings. The molecule has 0 unspecified atom stereocenters. The van der Waals surface area contributed by atoms with Gasteiger partial charge in [0.25, 0.3) is 0 Å². The van der Waals surface area contributed by atoms with Gasteiger partial charge in [-0.3, -0.25) is 16.0 Å². The molecule has 0 saturated carbocycles. The topological polar surface area (TPSA) is 114 Å². The number of methoxy groups -OCH3 is 4. The molecule has 0 aliphatic heterocycles. The first-order valence-corrected chi connectivity index (χ1v) is 9.24. The van der Waals surface area contributed by atoms with E-state index in [1.54, 1.807) is 46.9 Å². The van der Waals surface area contributed by atoms with Crippen molar-refractivity contribution in [3.8, 4) is 23.0 Å². The zero-order valence-corrected chi connectivity index (χ0v) is 17.7. The van der Waals surface area contributed by atoms with Crippen LogP contribution >= 0.6 is 0 Å². The van der Waals surface area contributed by atoms with Crippen LogP contribution in [0.4, 0.5) is 11.6 Å². The zero-order valence-electron chi connectivity index (χ0n) is 17.7. The van der Waals surface area contributed by atoms with Crippen LogP contribution in [0.15, 0.2) is 52.7 Å². The summed E-state index contributed by atoms with van der Waals surface area (Å²) in [7, 11) is 6.36. The second-order valence-electron chi connectivity index (χ2n) is 6.14. The van der Waals surface area contributed by atoms with Crippen LogP contribution < -0.4 is 29.8 Å². The molecule has 0 amide bonds. The summed E-state index contributed by atoms with van der Waals surface area (Å²) in [6, 6.07) is 12.7. The summed E-state index contributed by atoms with van der Waals surface area (Å²) in [4.78, 5) is 0. The Morgan fingerprint density at radius 1 is 0.710 bits per heavy atom. The van der Waals surface area contributed by atoms with E-state index < -0.39 is 0 Å². The summed E-state index contributed by atoms with van der Waals surface area (Å²) in [5.41, 5.74) is 7.42. The predicted octanol–water partition coefficient (Wildman–Crippen LogP) is 3.34. The Morgan fingerprint density at radius 3 is 1.74 bits per heavy atom. The highest BCUT2D eigenvalue weighted by atomic mass is 16.5. The third kappa shape index (κ3) is 5.66. The predicted molar refractivity (Wildman–Crippen MR) is 120 cm³/mol. The van der Waals surface area contributed by atoms with E-state index in [0.29, 0.717) is 34.6 Å². The Morgan fingerprint density at radius 2 is 1.23 bits per heavy atom. The van der Waals surface area contributed by atoms with E-state index in [1.807, 2.05) is 36.4 Å². The number of hydrazone groups is 2. The molecule has 10 heteroatoms. The first-order chi connectivity index (χ1) is 15.2. The molecule has 0 saturated heterocycles. The molecule has 1 heterocycles. The van der Waals surface area contributed by atoms with Crippen molar-refractivity contribution in [2.45, 2.75) is 0 Å². The number of aromatic amines is 1. The van der Waals surface area contributed by atoms with Crippen LogP contribution in [0.25, 0.3) is 0 Å². The highest BCUT2D eigenvalue weighted by molar-refractivity contribution is 5.82. The summed E-state index contributed by atoms with van der Waals surface area (Å²) < 4.78 is 21.0. The molecule has 0 atom stereocenters. The average Bonchev–Trinajstić information content (AvgIpc) is 3.26. The summed E-state index contributed by atoms with van der Waals surface area (Å²) in [5, 5.41) is 15.3. The van der Waals surface area contributed by atoms with Crippen molar-refractivity contribution in [1.82, 2.24) is 10.2 Å². The molecule has 162 valence electrons. The Labute approximate surface area is 179 Å². The van der Waals surface area contributed by atoms with Crippen LogP contribution in [0, 0.1) is 0 Å². The molecule has 31 heavy (non-hydrogen) atoms. The molecular formula is C21H24N6O4. The van der Waals surface area contributed by atoms with Crippen molar-refractivity contribution in [2.75, 3.05) is 39.3 Å². The highest BCUT2D eigenvalue weighted by Gasteiger charge is 2.04. The van der Waals surface area contributed by atoms with Crippen molar-refractivity contribution >= 4 is 24.1 Å². The van der Waals surface area contributed by atoms with Crippen LogP contribution in [0.2, 0.25) is 0 Å². The van der Waals surface area contributed by atoms with E-state index in [1.165, 1.54) is 0 Å². The Hall–Kier alpha value is -4.21. The molecular weight excluding hydrogens is 400 g/mol. The minimum absolute atomic E-state index is 0.528. The number of benzene rings is 2. The van der Waals surface area contributed by atoms with Gasteiger partial charge in [-0.1, -0.05) is 0 Å². The van der Waals surface area contributed by atoms with Gasteiger partial charge in [0.15, 0.2) is 28.8 Å². The maximum absolute atomic E-state index is 5.28. The van der Waals surface area contributed by atoms with Gasteiger partial charge in [0.2, 0.25) is 0 Å². The fourth-order valence-corrected chi connectivity index (χ4v) is 2.65. The number of nitrogens with zero attached hydrogens (tertiary/aromatic N) is 3. The highest BCUT2D eigenvalue weighted by Crippen LogP contribution is 2.27. The van der Waals surface area contributed by atoms with E-state index in [4.69, 9.17) is 18.9 Å². The third-order valence-electron chi connectivity index (χ3n) is 4.18. The molecule has 10 nitrogen and oxygen atoms in total. The lowest BCUT2D eigenvalue weighted by atomic mass is 10.2. The number of hydrogen-bond acceptors (Lipinski definition) is 9. The maximum atomic E-state index is 5.28. The summed E-state index contributed by atoms with van der Waals surface area (Å²) in [6.45, 7) is 0. The van der Waals surface area contributed by atoms with E-state index >= 15 is 0 Å².